The highest BCUT2D eigenvalue weighted by Crippen LogP contribution is 2.27. The predicted octanol–water partition coefficient (Wildman–Crippen LogP) is 3.82. The van der Waals surface area contributed by atoms with Gasteiger partial charge in [0, 0.05) is 17.6 Å². The molecule has 3 rings (SSSR count). The zero-order chi connectivity index (χ0) is 12.5. The third kappa shape index (κ3) is 1.88. The average molecular weight is 234 g/mol. The maximum Gasteiger partial charge on any atom is 0.189 e. The molecule has 2 aromatic carbocycles. The molecule has 0 aromatic heterocycles. The number of aryl methyl sites for hydroxylation is 1. The molecular weight excluding hydrogens is 220 g/mol. The fourth-order valence-corrected chi connectivity index (χ4v) is 2.43. The van der Waals surface area contributed by atoms with Crippen LogP contribution in [-0.2, 0) is 6.42 Å². The third-order valence-electron chi connectivity index (χ3n) is 3.32. The summed E-state index contributed by atoms with van der Waals surface area (Å²) in [4.78, 5) is 12.2. The Kier molecular flexibility index (Phi) is 2.60. The molecule has 0 unspecified atom stereocenters. The summed E-state index contributed by atoms with van der Waals surface area (Å²) < 4.78 is 0. The van der Waals surface area contributed by atoms with Crippen molar-refractivity contribution in [1.29, 1.82) is 0 Å². The number of ketones is 1. The zero-order valence-electron chi connectivity index (χ0n) is 10.3. The van der Waals surface area contributed by atoms with Crippen molar-refractivity contribution in [2.45, 2.75) is 13.3 Å². The molecule has 0 radical (unpaired) electrons. The molecule has 0 fully saturated rings. The molecule has 1 aliphatic carbocycles. The molecule has 0 saturated heterocycles. The van der Waals surface area contributed by atoms with Crippen LogP contribution in [0.15, 0.2) is 54.1 Å². The van der Waals surface area contributed by atoms with Gasteiger partial charge in [-0.1, -0.05) is 54.1 Å². The van der Waals surface area contributed by atoms with Gasteiger partial charge in [-0.05, 0) is 24.1 Å². The molecule has 1 aliphatic rings. The highest BCUT2D eigenvalue weighted by Gasteiger charge is 2.23. The Balaban J connectivity index is 1.99. The second kappa shape index (κ2) is 4.26. The Morgan fingerprint density at radius 1 is 1.06 bits per heavy atom. The molecule has 1 heteroatoms. The van der Waals surface area contributed by atoms with Gasteiger partial charge in [0.15, 0.2) is 5.78 Å². The van der Waals surface area contributed by atoms with Gasteiger partial charge in [-0.2, -0.15) is 0 Å². The first-order valence-electron chi connectivity index (χ1n) is 6.14. The summed E-state index contributed by atoms with van der Waals surface area (Å²) >= 11 is 0. The maximum atomic E-state index is 12.2. The van der Waals surface area contributed by atoms with Gasteiger partial charge in [-0.3, -0.25) is 4.79 Å². The predicted molar refractivity (Wildman–Crippen MR) is 73.6 cm³/mol. The van der Waals surface area contributed by atoms with E-state index in [1.54, 1.807) is 0 Å². The van der Waals surface area contributed by atoms with E-state index in [0.717, 1.165) is 28.7 Å². The van der Waals surface area contributed by atoms with Crippen molar-refractivity contribution >= 4 is 11.9 Å². The Labute approximate surface area is 107 Å². The van der Waals surface area contributed by atoms with Gasteiger partial charge in [-0.15, -0.1) is 0 Å². The Hall–Kier alpha value is -2.15. The van der Waals surface area contributed by atoms with Gasteiger partial charge in [0.2, 0.25) is 0 Å². The van der Waals surface area contributed by atoms with Crippen LogP contribution >= 0.6 is 0 Å². The maximum absolute atomic E-state index is 12.2. The summed E-state index contributed by atoms with van der Waals surface area (Å²) in [6.45, 7) is 2.06. The van der Waals surface area contributed by atoms with E-state index in [0.29, 0.717) is 0 Å². The molecule has 0 amide bonds. The van der Waals surface area contributed by atoms with Gasteiger partial charge < -0.3 is 0 Å². The number of benzene rings is 2. The lowest BCUT2D eigenvalue weighted by Gasteiger charge is -1.98. The molecule has 0 saturated carbocycles. The minimum absolute atomic E-state index is 0.173. The van der Waals surface area contributed by atoms with E-state index in [2.05, 4.69) is 19.1 Å². The lowest BCUT2D eigenvalue weighted by molar-refractivity contribution is 0.104. The lowest BCUT2D eigenvalue weighted by Crippen LogP contribution is -1.94. The molecule has 0 aliphatic heterocycles. The second-order valence-corrected chi connectivity index (χ2v) is 4.75. The first kappa shape index (κ1) is 11.0. The van der Waals surface area contributed by atoms with Crippen molar-refractivity contribution in [2.75, 3.05) is 0 Å². The van der Waals surface area contributed by atoms with E-state index in [4.69, 9.17) is 0 Å². The molecule has 0 atom stereocenters. The Morgan fingerprint density at radius 3 is 2.67 bits per heavy atom. The lowest BCUT2D eigenvalue weighted by atomic mass is 10.1. The summed E-state index contributed by atoms with van der Waals surface area (Å²) in [5.41, 5.74) is 5.21. The monoisotopic (exact) mass is 234 g/mol. The van der Waals surface area contributed by atoms with E-state index in [9.17, 15) is 4.79 Å². The molecule has 18 heavy (non-hydrogen) atoms. The van der Waals surface area contributed by atoms with Crippen molar-refractivity contribution in [3.8, 4) is 0 Å². The molecule has 0 heterocycles. The fourth-order valence-electron chi connectivity index (χ4n) is 2.43. The van der Waals surface area contributed by atoms with Crippen LogP contribution in [0.25, 0.3) is 6.08 Å². The average Bonchev–Trinajstić information content (AvgIpc) is 2.67. The van der Waals surface area contributed by atoms with E-state index in [1.807, 2.05) is 42.5 Å². The van der Waals surface area contributed by atoms with Crippen molar-refractivity contribution in [3.05, 3.63) is 76.4 Å². The van der Waals surface area contributed by atoms with E-state index in [-0.39, 0.29) is 5.78 Å². The standard InChI is InChI=1S/C17H14O/c1-12-5-4-6-13(9-12)10-15-11-14-7-2-3-8-16(14)17(15)18/h2-10H,11H2,1H3/b15-10+. The smallest absolute Gasteiger partial charge is 0.189 e. The minimum atomic E-state index is 0.173. The van der Waals surface area contributed by atoms with Gasteiger partial charge in [0.25, 0.3) is 0 Å². The van der Waals surface area contributed by atoms with Crippen LogP contribution in [0.5, 0.6) is 0 Å². The van der Waals surface area contributed by atoms with Crippen LogP contribution in [0, 0.1) is 6.92 Å². The van der Waals surface area contributed by atoms with Crippen molar-refractivity contribution in [1.82, 2.24) is 0 Å². The van der Waals surface area contributed by atoms with Crippen molar-refractivity contribution in [2.24, 2.45) is 0 Å². The largest absolute Gasteiger partial charge is 0.289 e. The van der Waals surface area contributed by atoms with Crippen LogP contribution in [0.4, 0.5) is 0 Å². The molecular formula is C17H14O. The van der Waals surface area contributed by atoms with E-state index >= 15 is 0 Å². The summed E-state index contributed by atoms with van der Waals surface area (Å²) in [6.07, 6.45) is 2.76. The summed E-state index contributed by atoms with van der Waals surface area (Å²) in [5.74, 6) is 0.173. The van der Waals surface area contributed by atoms with Crippen LogP contribution in [0.3, 0.4) is 0 Å². The van der Waals surface area contributed by atoms with Crippen LogP contribution in [0.2, 0.25) is 0 Å². The first-order chi connectivity index (χ1) is 8.74. The number of allylic oxidation sites excluding steroid dienone is 1. The van der Waals surface area contributed by atoms with Crippen LogP contribution < -0.4 is 0 Å². The quantitative estimate of drug-likeness (QED) is 0.685. The van der Waals surface area contributed by atoms with Gasteiger partial charge in [0.05, 0.1) is 0 Å². The van der Waals surface area contributed by atoms with Crippen LogP contribution in [-0.4, -0.2) is 5.78 Å². The Bertz CT molecular complexity index is 650. The highest BCUT2D eigenvalue weighted by atomic mass is 16.1. The normalized spacial score (nSPS) is 16.1. The van der Waals surface area contributed by atoms with E-state index in [1.165, 1.54) is 5.56 Å². The zero-order valence-corrected chi connectivity index (χ0v) is 10.3. The minimum Gasteiger partial charge on any atom is -0.289 e. The fraction of sp³-hybridized carbons (Fsp3) is 0.118. The molecule has 0 spiro atoms. The topological polar surface area (TPSA) is 17.1 Å². The number of hydrogen-bond acceptors (Lipinski definition) is 1. The third-order valence-corrected chi connectivity index (χ3v) is 3.32. The number of rotatable bonds is 1. The summed E-state index contributed by atoms with van der Waals surface area (Å²) in [6, 6.07) is 16.1. The second-order valence-electron chi connectivity index (χ2n) is 4.75. The van der Waals surface area contributed by atoms with E-state index < -0.39 is 0 Å². The number of carbonyl (C=O) groups is 1. The Morgan fingerprint density at radius 2 is 1.89 bits per heavy atom. The number of fused-ring (bicyclic) bond motifs is 1. The summed E-state index contributed by atoms with van der Waals surface area (Å²) in [5, 5.41) is 0. The van der Waals surface area contributed by atoms with Gasteiger partial charge in [0.1, 0.15) is 0 Å². The number of carbonyl (C=O) groups excluding carboxylic acids is 1. The van der Waals surface area contributed by atoms with Crippen molar-refractivity contribution < 1.29 is 4.79 Å². The van der Waals surface area contributed by atoms with Crippen LogP contribution in [0.1, 0.15) is 27.0 Å². The van der Waals surface area contributed by atoms with Crippen molar-refractivity contribution in [3.63, 3.8) is 0 Å². The molecule has 0 N–H and O–H groups in total. The molecule has 0 bridgehead atoms. The first-order valence-corrected chi connectivity index (χ1v) is 6.14. The molecule has 2 aromatic rings. The number of Topliss-reactive ketones (excluding diaryl/α,β-unsaturated/α-hetero) is 1. The molecule has 88 valence electrons. The van der Waals surface area contributed by atoms with Gasteiger partial charge >= 0.3 is 0 Å². The molecule has 1 nitrogen and oxygen atoms in total. The SMILES string of the molecule is Cc1cccc(/C=C2\Cc3ccccc3C2=O)c1. The van der Waals surface area contributed by atoms with Gasteiger partial charge in [-0.25, -0.2) is 0 Å². The summed E-state index contributed by atoms with van der Waals surface area (Å²) in [7, 11) is 0. The number of hydrogen-bond donors (Lipinski definition) is 0. The highest BCUT2D eigenvalue weighted by molar-refractivity contribution is 6.15.